The van der Waals surface area contributed by atoms with Gasteiger partial charge in [0.2, 0.25) is 0 Å². The molecule has 3 aromatic rings. The van der Waals surface area contributed by atoms with Crippen molar-refractivity contribution in [2.45, 2.75) is 53.8 Å². The lowest BCUT2D eigenvalue weighted by Gasteiger charge is -2.14. The van der Waals surface area contributed by atoms with E-state index in [0.29, 0.717) is 6.04 Å². The molecule has 5 heteroatoms. The second-order valence-electron chi connectivity index (χ2n) is 6.53. The first-order valence-corrected chi connectivity index (χ1v) is 8.12. The largest absolute Gasteiger partial charge is 0.341 e. The van der Waals surface area contributed by atoms with E-state index in [9.17, 15) is 0 Å². The summed E-state index contributed by atoms with van der Waals surface area (Å²) < 4.78 is 2.05. The minimum atomic E-state index is 0.324. The van der Waals surface area contributed by atoms with Crippen LogP contribution in [-0.2, 0) is 13.1 Å². The zero-order valence-corrected chi connectivity index (χ0v) is 14.6. The molecular formula is C18H25N5. The van der Waals surface area contributed by atoms with Gasteiger partial charge < -0.3 is 10.3 Å². The highest BCUT2D eigenvalue weighted by molar-refractivity contribution is 5.77. The molecule has 5 nitrogen and oxygen atoms in total. The van der Waals surface area contributed by atoms with E-state index >= 15 is 0 Å². The Kier molecular flexibility index (Phi) is 4.22. The molecule has 0 aliphatic heterocycles. The maximum atomic E-state index is 4.67. The molecule has 0 saturated heterocycles. The summed E-state index contributed by atoms with van der Waals surface area (Å²) in [6, 6.07) is 6.74. The number of H-pyrrole nitrogens is 1. The van der Waals surface area contributed by atoms with E-state index in [0.717, 1.165) is 35.6 Å². The number of aromatic amines is 1. The van der Waals surface area contributed by atoms with Gasteiger partial charge in [0.25, 0.3) is 0 Å². The molecule has 2 heterocycles. The molecule has 0 fully saturated rings. The summed E-state index contributed by atoms with van der Waals surface area (Å²) in [5, 5.41) is 8.03. The molecule has 0 radical (unpaired) electrons. The Morgan fingerprint density at radius 2 is 1.87 bits per heavy atom. The van der Waals surface area contributed by atoms with Gasteiger partial charge in [0, 0.05) is 11.7 Å². The molecule has 0 aliphatic carbocycles. The summed E-state index contributed by atoms with van der Waals surface area (Å²) in [4.78, 5) is 8.08. The number of aryl methyl sites for hydroxylation is 4. The highest BCUT2D eigenvalue weighted by atomic mass is 15.3. The van der Waals surface area contributed by atoms with Crippen LogP contribution in [-0.4, -0.2) is 25.8 Å². The fourth-order valence-corrected chi connectivity index (χ4v) is 2.86. The summed E-state index contributed by atoms with van der Waals surface area (Å²) in [5.74, 6) is 0.977. The number of benzene rings is 1. The Bertz CT molecular complexity index is 788. The third-order valence-electron chi connectivity index (χ3n) is 4.31. The molecular weight excluding hydrogens is 286 g/mol. The van der Waals surface area contributed by atoms with Crippen molar-refractivity contribution in [1.82, 2.24) is 25.1 Å². The first kappa shape index (κ1) is 15.7. The second-order valence-corrected chi connectivity index (χ2v) is 6.53. The lowest BCUT2D eigenvalue weighted by molar-refractivity contribution is 0.440. The zero-order valence-electron chi connectivity index (χ0n) is 14.6. The summed E-state index contributed by atoms with van der Waals surface area (Å²) >= 11 is 0. The standard InChI is InChI=1S/C18H25N5/c1-11-6-16-17(7-12(11)2)21-18(20-16)9-19-14(4)10-23-15(5)8-13(3)22-23/h6-8,14,19H,9-10H2,1-5H3,(H,20,21)/t14-/m1/s1. The number of aromatic nitrogens is 4. The van der Waals surface area contributed by atoms with Gasteiger partial charge in [0.15, 0.2) is 0 Å². The molecule has 0 spiro atoms. The first-order valence-electron chi connectivity index (χ1n) is 8.12. The molecule has 23 heavy (non-hydrogen) atoms. The molecule has 1 atom stereocenters. The summed E-state index contributed by atoms with van der Waals surface area (Å²) in [5.41, 5.74) is 6.98. The van der Waals surface area contributed by atoms with E-state index in [1.165, 1.54) is 16.8 Å². The zero-order chi connectivity index (χ0) is 16.6. The number of nitrogens with one attached hydrogen (secondary N) is 2. The van der Waals surface area contributed by atoms with Gasteiger partial charge in [-0.1, -0.05) is 0 Å². The Labute approximate surface area is 137 Å². The van der Waals surface area contributed by atoms with Crippen LogP contribution in [0.2, 0.25) is 0 Å². The molecule has 0 saturated carbocycles. The number of fused-ring (bicyclic) bond motifs is 1. The van der Waals surface area contributed by atoms with Gasteiger partial charge in [-0.15, -0.1) is 0 Å². The number of hydrogen-bond acceptors (Lipinski definition) is 3. The summed E-state index contributed by atoms with van der Waals surface area (Å²) in [7, 11) is 0. The molecule has 0 bridgehead atoms. The van der Waals surface area contributed by atoms with Crippen molar-refractivity contribution in [3.05, 3.63) is 46.5 Å². The maximum Gasteiger partial charge on any atom is 0.121 e. The third-order valence-corrected chi connectivity index (χ3v) is 4.31. The lowest BCUT2D eigenvalue weighted by Crippen LogP contribution is -2.31. The molecule has 3 rings (SSSR count). The summed E-state index contributed by atoms with van der Waals surface area (Å²) in [6.45, 7) is 12.1. The van der Waals surface area contributed by atoms with Gasteiger partial charge in [0.05, 0.1) is 29.8 Å². The third kappa shape index (κ3) is 3.45. The van der Waals surface area contributed by atoms with Gasteiger partial charge in [-0.2, -0.15) is 5.10 Å². The molecule has 122 valence electrons. The molecule has 2 aromatic heterocycles. The fraction of sp³-hybridized carbons (Fsp3) is 0.444. The van der Waals surface area contributed by atoms with Crippen LogP contribution >= 0.6 is 0 Å². The smallest absolute Gasteiger partial charge is 0.121 e. The Morgan fingerprint density at radius 3 is 2.57 bits per heavy atom. The molecule has 2 N–H and O–H groups in total. The van der Waals surface area contributed by atoms with Crippen molar-refractivity contribution >= 4 is 11.0 Å². The molecule has 1 aromatic carbocycles. The van der Waals surface area contributed by atoms with E-state index in [2.05, 4.69) is 71.0 Å². The van der Waals surface area contributed by atoms with Crippen LogP contribution in [0.25, 0.3) is 11.0 Å². The summed E-state index contributed by atoms with van der Waals surface area (Å²) in [6.07, 6.45) is 0. The molecule has 0 unspecified atom stereocenters. The van der Waals surface area contributed by atoms with E-state index < -0.39 is 0 Å². The SMILES string of the molecule is Cc1cc(C)n(C[C@@H](C)NCc2nc3cc(C)c(C)cc3[nH]2)n1. The highest BCUT2D eigenvalue weighted by Gasteiger charge is 2.09. The molecule has 0 aliphatic rings. The minimum absolute atomic E-state index is 0.324. The maximum absolute atomic E-state index is 4.67. The van der Waals surface area contributed by atoms with Crippen molar-refractivity contribution in [1.29, 1.82) is 0 Å². The van der Waals surface area contributed by atoms with Gasteiger partial charge >= 0.3 is 0 Å². The predicted octanol–water partition coefficient (Wildman–Crippen LogP) is 3.17. The quantitative estimate of drug-likeness (QED) is 0.761. The van der Waals surface area contributed by atoms with Crippen molar-refractivity contribution < 1.29 is 0 Å². The normalized spacial score (nSPS) is 12.9. The topological polar surface area (TPSA) is 58.5 Å². The monoisotopic (exact) mass is 311 g/mol. The number of nitrogens with zero attached hydrogens (tertiary/aromatic N) is 3. The number of rotatable bonds is 5. The van der Waals surface area contributed by atoms with Crippen LogP contribution in [0.5, 0.6) is 0 Å². The van der Waals surface area contributed by atoms with Crippen molar-refractivity contribution in [3.8, 4) is 0 Å². The van der Waals surface area contributed by atoms with E-state index in [-0.39, 0.29) is 0 Å². The van der Waals surface area contributed by atoms with Crippen molar-refractivity contribution in [2.75, 3.05) is 0 Å². The second kappa shape index (κ2) is 6.16. The average molecular weight is 311 g/mol. The van der Waals surface area contributed by atoms with E-state index in [1.807, 2.05) is 6.92 Å². The number of imidazole rings is 1. The Hall–Kier alpha value is -2.14. The van der Waals surface area contributed by atoms with Crippen LogP contribution in [0, 0.1) is 27.7 Å². The van der Waals surface area contributed by atoms with Gasteiger partial charge in [-0.25, -0.2) is 4.98 Å². The highest BCUT2D eigenvalue weighted by Crippen LogP contribution is 2.17. The lowest BCUT2D eigenvalue weighted by atomic mass is 10.1. The van der Waals surface area contributed by atoms with E-state index in [1.54, 1.807) is 0 Å². The van der Waals surface area contributed by atoms with Gasteiger partial charge in [0.1, 0.15) is 5.82 Å². The van der Waals surface area contributed by atoms with Gasteiger partial charge in [-0.05, 0) is 63.9 Å². The van der Waals surface area contributed by atoms with Crippen molar-refractivity contribution in [3.63, 3.8) is 0 Å². The first-order chi connectivity index (χ1) is 10.9. The van der Waals surface area contributed by atoms with E-state index in [4.69, 9.17) is 0 Å². The molecule has 0 amide bonds. The van der Waals surface area contributed by atoms with Gasteiger partial charge in [-0.3, -0.25) is 4.68 Å². The van der Waals surface area contributed by atoms with Crippen LogP contribution in [0.3, 0.4) is 0 Å². The number of hydrogen-bond donors (Lipinski definition) is 2. The average Bonchev–Trinajstić information content (AvgIpc) is 3.00. The van der Waals surface area contributed by atoms with Crippen LogP contribution in [0.15, 0.2) is 18.2 Å². The van der Waals surface area contributed by atoms with Crippen LogP contribution < -0.4 is 5.32 Å². The predicted molar refractivity (Wildman–Crippen MR) is 93.6 cm³/mol. The van der Waals surface area contributed by atoms with Crippen LogP contribution in [0.1, 0.15) is 35.3 Å². The van der Waals surface area contributed by atoms with Crippen molar-refractivity contribution in [2.24, 2.45) is 0 Å². The minimum Gasteiger partial charge on any atom is -0.341 e. The fourth-order valence-electron chi connectivity index (χ4n) is 2.86. The Morgan fingerprint density at radius 1 is 1.13 bits per heavy atom. The van der Waals surface area contributed by atoms with Crippen LogP contribution in [0.4, 0.5) is 0 Å². The Balaban J connectivity index is 1.64.